The second-order valence-corrected chi connectivity index (χ2v) is 6.56. The van der Waals surface area contributed by atoms with Gasteiger partial charge in [0.15, 0.2) is 5.82 Å². The molecule has 4 aliphatic carbocycles. The molecule has 0 saturated heterocycles. The molecule has 0 spiro atoms. The van der Waals surface area contributed by atoms with E-state index in [1.165, 1.54) is 32.1 Å². The average molecular weight is 247 g/mol. The molecule has 4 fully saturated rings. The molecule has 0 radical (unpaired) electrons. The summed E-state index contributed by atoms with van der Waals surface area (Å²) in [7, 11) is 0. The summed E-state index contributed by atoms with van der Waals surface area (Å²) in [6.07, 6.45) is 7.33. The van der Waals surface area contributed by atoms with Crippen molar-refractivity contribution in [3.8, 4) is 0 Å². The van der Waals surface area contributed by atoms with Crippen molar-refractivity contribution in [2.45, 2.75) is 45.2 Å². The maximum Gasteiger partial charge on any atom is 0.188 e. The van der Waals surface area contributed by atoms with Gasteiger partial charge in [0.2, 0.25) is 0 Å². The van der Waals surface area contributed by atoms with Gasteiger partial charge in [0.05, 0.1) is 13.1 Å². The smallest absolute Gasteiger partial charge is 0.188 e. The number of hydrogen-bond donors (Lipinski definition) is 1. The van der Waals surface area contributed by atoms with Gasteiger partial charge in [-0.3, -0.25) is 0 Å². The first-order chi connectivity index (χ1) is 8.81. The molecule has 98 valence electrons. The zero-order valence-electron chi connectivity index (χ0n) is 10.7. The molecule has 5 rings (SSSR count). The van der Waals surface area contributed by atoms with E-state index in [2.05, 4.69) is 15.4 Å². The molecule has 0 aromatic carbocycles. The van der Waals surface area contributed by atoms with E-state index in [4.69, 9.17) is 5.73 Å². The third kappa shape index (κ3) is 1.67. The molecule has 5 nitrogen and oxygen atoms in total. The van der Waals surface area contributed by atoms with E-state index in [0.29, 0.717) is 12.4 Å². The van der Waals surface area contributed by atoms with Crippen LogP contribution in [0.1, 0.15) is 37.9 Å². The van der Waals surface area contributed by atoms with Crippen LogP contribution in [-0.2, 0) is 13.1 Å². The van der Waals surface area contributed by atoms with Crippen molar-refractivity contribution >= 4 is 0 Å². The lowest BCUT2D eigenvalue weighted by Crippen LogP contribution is -2.46. The van der Waals surface area contributed by atoms with Crippen molar-refractivity contribution in [2.75, 3.05) is 0 Å². The highest BCUT2D eigenvalue weighted by Crippen LogP contribution is 2.56. The predicted octanol–water partition coefficient (Wildman–Crippen LogP) is 1.20. The third-order valence-corrected chi connectivity index (χ3v) is 5.47. The molecule has 0 aliphatic heterocycles. The predicted molar refractivity (Wildman–Crippen MR) is 66.2 cm³/mol. The molecular formula is C13H21N5. The van der Waals surface area contributed by atoms with Crippen LogP contribution in [0.2, 0.25) is 0 Å². The summed E-state index contributed by atoms with van der Waals surface area (Å²) in [5.41, 5.74) is 5.53. The Morgan fingerprint density at radius 1 is 1.06 bits per heavy atom. The molecule has 0 unspecified atom stereocenters. The van der Waals surface area contributed by atoms with Crippen LogP contribution in [0.25, 0.3) is 0 Å². The Labute approximate surface area is 107 Å². The minimum absolute atomic E-state index is 0.391. The van der Waals surface area contributed by atoms with E-state index < -0.39 is 0 Å². The summed E-state index contributed by atoms with van der Waals surface area (Å²) in [5.74, 6) is 5.37. The van der Waals surface area contributed by atoms with Crippen molar-refractivity contribution in [3.05, 3.63) is 5.82 Å². The average Bonchev–Trinajstić information content (AvgIpc) is 2.80. The minimum atomic E-state index is 0.391. The first-order valence-corrected chi connectivity index (χ1v) is 7.28. The van der Waals surface area contributed by atoms with Gasteiger partial charge in [-0.1, -0.05) is 0 Å². The van der Waals surface area contributed by atoms with Gasteiger partial charge < -0.3 is 5.73 Å². The van der Waals surface area contributed by atoms with Gasteiger partial charge in [-0.05, 0) is 66.9 Å². The van der Waals surface area contributed by atoms with Crippen molar-refractivity contribution in [1.29, 1.82) is 0 Å². The van der Waals surface area contributed by atoms with Crippen molar-refractivity contribution in [2.24, 2.45) is 35.3 Å². The van der Waals surface area contributed by atoms with E-state index in [9.17, 15) is 0 Å². The van der Waals surface area contributed by atoms with Gasteiger partial charge in [0.25, 0.3) is 0 Å². The van der Waals surface area contributed by atoms with Crippen LogP contribution in [0.4, 0.5) is 0 Å². The molecule has 4 saturated carbocycles. The Balaban J connectivity index is 1.51. The highest BCUT2D eigenvalue weighted by molar-refractivity contribution is 4.97. The number of hydrogen-bond acceptors (Lipinski definition) is 4. The molecule has 5 heteroatoms. The van der Waals surface area contributed by atoms with E-state index in [1.54, 1.807) is 4.80 Å². The van der Waals surface area contributed by atoms with Gasteiger partial charge in [0, 0.05) is 0 Å². The number of nitrogens with two attached hydrogens (primary N) is 1. The van der Waals surface area contributed by atoms with Crippen LogP contribution in [-0.4, -0.2) is 20.2 Å². The first kappa shape index (κ1) is 10.9. The standard InChI is InChI=1S/C13H21N5/c14-6-13-15-17-18(16-13)7-12-10-2-8-1-9(4-10)5-11(12)3-8/h8-12H,1-7,14H2. The molecule has 4 bridgehead atoms. The number of nitrogens with zero attached hydrogens (tertiary/aromatic N) is 4. The zero-order chi connectivity index (χ0) is 12.1. The Kier molecular flexibility index (Phi) is 2.43. The van der Waals surface area contributed by atoms with E-state index in [0.717, 1.165) is 36.1 Å². The molecule has 4 aliphatic rings. The van der Waals surface area contributed by atoms with Crippen molar-refractivity contribution in [3.63, 3.8) is 0 Å². The fourth-order valence-corrected chi connectivity index (χ4v) is 4.96. The van der Waals surface area contributed by atoms with Crippen LogP contribution in [0, 0.1) is 29.6 Å². The molecule has 0 atom stereocenters. The maximum atomic E-state index is 5.53. The topological polar surface area (TPSA) is 69.6 Å². The van der Waals surface area contributed by atoms with Crippen LogP contribution >= 0.6 is 0 Å². The van der Waals surface area contributed by atoms with E-state index >= 15 is 0 Å². The summed E-state index contributed by atoms with van der Waals surface area (Å²) in [5, 5.41) is 12.5. The maximum absolute atomic E-state index is 5.53. The lowest BCUT2D eigenvalue weighted by molar-refractivity contribution is -0.0459. The van der Waals surface area contributed by atoms with Gasteiger partial charge in [-0.15, -0.1) is 10.2 Å². The fraction of sp³-hybridized carbons (Fsp3) is 0.923. The van der Waals surface area contributed by atoms with Crippen LogP contribution in [0.15, 0.2) is 0 Å². The Bertz CT molecular complexity index is 412. The monoisotopic (exact) mass is 247 g/mol. The third-order valence-electron chi connectivity index (χ3n) is 5.47. The van der Waals surface area contributed by atoms with Crippen molar-refractivity contribution in [1.82, 2.24) is 20.2 Å². The normalized spacial score (nSPS) is 41.5. The number of tetrazole rings is 1. The quantitative estimate of drug-likeness (QED) is 0.871. The van der Waals surface area contributed by atoms with Crippen molar-refractivity contribution < 1.29 is 0 Å². The zero-order valence-corrected chi connectivity index (χ0v) is 10.7. The highest BCUT2D eigenvalue weighted by atomic mass is 15.6. The van der Waals surface area contributed by atoms with Gasteiger partial charge in [0.1, 0.15) is 0 Å². The summed E-state index contributed by atoms with van der Waals surface area (Å²) < 4.78 is 0. The second-order valence-electron chi connectivity index (χ2n) is 6.56. The molecule has 18 heavy (non-hydrogen) atoms. The summed E-state index contributed by atoms with van der Waals surface area (Å²) in [6, 6.07) is 0. The number of aromatic nitrogens is 4. The Hall–Kier alpha value is -0.970. The Morgan fingerprint density at radius 3 is 2.28 bits per heavy atom. The van der Waals surface area contributed by atoms with Gasteiger partial charge in [-0.25, -0.2) is 0 Å². The molecular weight excluding hydrogens is 226 g/mol. The molecule has 1 heterocycles. The SMILES string of the molecule is NCc1nnn(CC2C3CC4CC(C3)CC2C4)n1. The molecule has 1 aromatic rings. The summed E-state index contributed by atoms with van der Waals surface area (Å²) >= 11 is 0. The van der Waals surface area contributed by atoms with Gasteiger partial charge in [-0.2, -0.15) is 4.80 Å². The minimum Gasteiger partial charge on any atom is -0.324 e. The molecule has 1 aromatic heterocycles. The van der Waals surface area contributed by atoms with Crippen LogP contribution < -0.4 is 5.73 Å². The molecule has 2 N–H and O–H groups in total. The molecule has 0 amide bonds. The second kappa shape index (κ2) is 4.02. The summed E-state index contributed by atoms with van der Waals surface area (Å²) in [4.78, 5) is 1.79. The first-order valence-electron chi connectivity index (χ1n) is 7.28. The summed E-state index contributed by atoms with van der Waals surface area (Å²) in [6.45, 7) is 1.35. The fourth-order valence-electron chi connectivity index (χ4n) is 4.96. The highest BCUT2D eigenvalue weighted by Gasteiger charge is 2.48. The van der Waals surface area contributed by atoms with Gasteiger partial charge >= 0.3 is 0 Å². The van der Waals surface area contributed by atoms with E-state index in [-0.39, 0.29) is 0 Å². The lowest BCUT2D eigenvalue weighted by Gasteiger charge is -2.54. The number of rotatable bonds is 3. The lowest BCUT2D eigenvalue weighted by atomic mass is 9.52. The van der Waals surface area contributed by atoms with Crippen LogP contribution in [0.5, 0.6) is 0 Å². The van der Waals surface area contributed by atoms with Crippen LogP contribution in [0.3, 0.4) is 0 Å². The largest absolute Gasteiger partial charge is 0.324 e. The van der Waals surface area contributed by atoms with E-state index in [1.807, 2.05) is 0 Å². The Morgan fingerprint density at radius 2 is 1.72 bits per heavy atom.